The van der Waals surface area contributed by atoms with Gasteiger partial charge >= 0.3 is 0 Å². The first kappa shape index (κ1) is 54.5. The van der Waals surface area contributed by atoms with E-state index >= 15 is 0 Å². The summed E-state index contributed by atoms with van der Waals surface area (Å²) in [5.74, 6) is 0. The molecule has 0 bridgehead atoms. The van der Waals surface area contributed by atoms with E-state index in [1.165, 1.54) is 67.2 Å². The van der Waals surface area contributed by atoms with Crippen molar-refractivity contribution in [3.63, 3.8) is 0 Å². The van der Waals surface area contributed by atoms with Crippen LogP contribution in [0.5, 0.6) is 0 Å². The van der Waals surface area contributed by atoms with Gasteiger partial charge in [0, 0.05) is 28.9 Å². The maximum absolute atomic E-state index is 4.57. The van der Waals surface area contributed by atoms with Crippen molar-refractivity contribution in [3.8, 4) is 0 Å². The fourth-order valence-corrected chi connectivity index (χ4v) is 9.18. The van der Waals surface area contributed by atoms with Crippen LogP contribution in [0.25, 0.3) is 11.1 Å². The van der Waals surface area contributed by atoms with Crippen LogP contribution < -0.4 is 4.90 Å². The van der Waals surface area contributed by atoms with E-state index in [0.29, 0.717) is 0 Å². The van der Waals surface area contributed by atoms with Crippen LogP contribution in [-0.4, -0.2) is 0 Å². The van der Waals surface area contributed by atoms with Crippen molar-refractivity contribution in [2.24, 2.45) is 0 Å². The molecule has 8 rings (SSSR count). The van der Waals surface area contributed by atoms with E-state index in [1.807, 2.05) is 38.1 Å². The molecule has 1 heterocycles. The van der Waals surface area contributed by atoms with Crippen LogP contribution >= 0.6 is 0 Å². The van der Waals surface area contributed by atoms with Gasteiger partial charge in [-0.3, -0.25) is 0 Å². The molecule has 0 N–H and O–H groups in total. The lowest BCUT2D eigenvalue weighted by molar-refractivity contribution is 0.535. The molecule has 1 nitrogen and oxygen atoms in total. The summed E-state index contributed by atoms with van der Waals surface area (Å²) in [6.07, 6.45) is 34.7. The predicted molar refractivity (Wildman–Crippen MR) is 314 cm³/mol. The van der Waals surface area contributed by atoms with Gasteiger partial charge in [-0.25, -0.2) is 0 Å². The van der Waals surface area contributed by atoms with Crippen LogP contribution in [0.15, 0.2) is 268 Å². The van der Waals surface area contributed by atoms with Gasteiger partial charge in [-0.1, -0.05) is 258 Å². The number of nitrogens with zero attached hydrogens (tertiary/aromatic N) is 1. The lowest BCUT2D eigenvalue weighted by Crippen LogP contribution is -2.30. The highest BCUT2D eigenvalue weighted by molar-refractivity contribution is 5.82. The minimum absolute atomic E-state index is 0.306. The Morgan fingerprint density at radius 2 is 1.37 bits per heavy atom. The van der Waals surface area contributed by atoms with Crippen LogP contribution in [0.2, 0.25) is 0 Å². The number of hydrogen-bond donors (Lipinski definition) is 0. The molecule has 0 saturated heterocycles. The second-order valence-electron chi connectivity index (χ2n) is 17.6. The van der Waals surface area contributed by atoms with E-state index in [-0.39, 0.29) is 5.41 Å². The zero-order valence-corrected chi connectivity index (χ0v) is 43.5. The number of hydrogen-bond acceptors (Lipinski definition) is 1. The summed E-state index contributed by atoms with van der Waals surface area (Å²) in [5, 5.41) is 0. The van der Waals surface area contributed by atoms with E-state index in [2.05, 4.69) is 259 Å². The quantitative estimate of drug-likeness (QED) is 0.0824. The average Bonchev–Trinajstić information content (AvgIpc) is 3.81. The van der Waals surface area contributed by atoms with Crippen molar-refractivity contribution in [2.45, 2.75) is 91.9 Å². The van der Waals surface area contributed by atoms with Gasteiger partial charge < -0.3 is 4.90 Å². The fraction of sp³-hybridized carbons (Fsp3) is 0.200. The number of rotatable bonds is 13. The van der Waals surface area contributed by atoms with Crippen molar-refractivity contribution >= 4 is 22.5 Å². The smallest absolute Gasteiger partial charge is 0.0494 e. The molecular formula is C70H77N. The molecule has 0 aromatic heterocycles. The zero-order valence-electron chi connectivity index (χ0n) is 43.5. The van der Waals surface area contributed by atoms with Crippen molar-refractivity contribution < 1.29 is 0 Å². The number of para-hydroxylation sites is 1. The Balaban J connectivity index is 0.000000542. The molecule has 0 spiro atoms. The maximum atomic E-state index is 4.57. The summed E-state index contributed by atoms with van der Waals surface area (Å²) in [6, 6.07) is 57.0. The Morgan fingerprint density at radius 3 is 1.94 bits per heavy atom. The molecular weight excluding hydrogens is 855 g/mol. The average molecular weight is 932 g/mol. The van der Waals surface area contributed by atoms with Gasteiger partial charge in [-0.05, 0) is 140 Å². The van der Waals surface area contributed by atoms with Crippen LogP contribution in [-0.2, 0) is 18.3 Å². The monoisotopic (exact) mass is 932 g/mol. The Hall–Kier alpha value is -7.48. The van der Waals surface area contributed by atoms with Gasteiger partial charge in [-0.15, -0.1) is 0 Å². The van der Waals surface area contributed by atoms with Crippen molar-refractivity contribution in [3.05, 3.63) is 312 Å². The number of fused-ring (bicyclic) bond motifs is 2. The highest BCUT2D eigenvalue weighted by atomic mass is 15.2. The molecule has 1 heteroatoms. The third-order valence-corrected chi connectivity index (χ3v) is 12.6. The summed E-state index contributed by atoms with van der Waals surface area (Å²) in [4.78, 5) is 2.39. The first-order valence-electron chi connectivity index (χ1n) is 25.7. The Labute approximate surface area is 429 Å². The standard InChI is InChI=1S/C55H53N.C7H8.C6H10.C2H6/c1-5-7-8-9-19-30-51-41-47-40-46(34-36-54(47)56(51)50-28-20-12-21-29-50)45(6-2)33-31-42(3)38-44-32-35-52-43(4)23-14-13-22-37-55(53(52)39-44,48-24-15-10-16-25-48)49-26-17-11-18-27-49;1-7-5-3-2-4-6-7;1-3-5-6-4-2;1-2/h5-7,9-12,14-21,23-36,39-40H,3-4,8,13,22,37-38,41H2,1-2H3;2-6H,1H3;3,5-6H,1,4H2,2H3;1-2H3/b7-5-,19-9-,23-14-,33-31-,45-6+,51-30+;;6-5-;. The Morgan fingerprint density at radius 1 is 0.718 bits per heavy atom. The predicted octanol–water partition coefficient (Wildman–Crippen LogP) is 19.8. The van der Waals surface area contributed by atoms with Crippen molar-refractivity contribution in [2.75, 3.05) is 4.90 Å². The van der Waals surface area contributed by atoms with Gasteiger partial charge in [0.05, 0.1) is 0 Å². The minimum Gasteiger partial charge on any atom is -0.314 e. The Kier molecular flexibility index (Phi) is 22.6. The summed E-state index contributed by atoms with van der Waals surface area (Å²) in [5.41, 5.74) is 17.0. The van der Waals surface area contributed by atoms with Gasteiger partial charge in [-0.2, -0.15) is 0 Å². The molecule has 0 atom stereocenters. The van der Waals surface area contributed by atoms with Gasteiger partial charge in [0.25, 0.3) is 0 Å². The third kappa shape index (κ3) is 15.3. The van der Waals surface area contributed by atoms with E-state index in [4.69, 9.17) is 0 Å². The van der Waals surface area contributed by atoms with Crippen molar-refractivity contribution in [1.29, 1.82) is 0 Å². The van der Waals surface area contributed by atoms with E-state index in [9.17, 15) is 0 Å². The number of aryl methyl sites for hydroxylation is 1. The van der Waals surface area contributed by atoms with E-state index in [1.54, 1.807) is 6.08 Å². The van der Waals surface area contributed by atoms with Crippen LogP contribution in [0, 0.1) is 6.92 Å². The van der Waals surface area contributed by atoms with Crippen LogP contribution in [0.1, 0.15) is 111 Å². The highest BCUT2D eigenvalue weighted by Gasteiger charge is 2.38. The first-order chi connectivity index (χ1) is 34.8. The largest absolute Gasteiger partial charge is 0.314 e. The summed E-state index contributed by atoms with van der Waals surface area (Å²) < 4.78 is 0. The zero-order chi connectivity index (χ0) is 50.7. The first-order valence-corrected chi connectivity index (χ1v) is 25.7. The second kappa shape index (κ2) is 29.5. The molecule has 6 aromatic rings. The van der Waals surface area contributed by atoms with Gasteiger partial charge in [0.1, 0.15) is 0 Å². The van der Waals surface area contributed by atoms with Crippen molar-refractivity contribution in [1.82, 2.24) is 0 Å². The second-order valence-corrected chi connectivity index (χ2v) is 17.6. The van der Waals surface area contributed by atoms with Gasteiger partial charge in [0.2, 0.25) is 0 Å². The number of allylic oxidation sites excluding steroid dienone is 17. The Bertz CT molecular complexity index is 2770. The van der Waals surface area contributed by atoms with E-state index in [0.717, 1.165) is 56.1 Å². The number of benzene rings is 6. The molecule has 0 fully saturated rings. The van der Waals surface area contributed by atoms with Crippen LogP contribution in [0.3, 0.4) is 0 Å². The number of anilines is 2. The molecule has 362 valence electrons. The molecule has 6 aromatic carbocycles. The molecule has 1 aliphatic heterocycles. The summed E-state index contributed by atoms with van der Waals surface area (Å²) >= 11 is 0. The topological polar surface area (TPSA) is 3.24 Å². The molecule has 71 heavy (non-hydrogen) atoms. The molecule has 1 aliphatic carbocycles. The molecule has 0 unspecified atom stereocenters. The summed E-state index contributed by atoms with van der Waals surface area (Å²) in [7, 11) is 0. The summed E-state index contributed by atoms with van der Waals surface area (Å²) in [6.45, 7) is 25.0. The lowest BCUT2D eigenvalue weighted by Gasteiger charge is -2.38. The molecule has 0 saturated carbocycles. The third-order valence-electron chi connectivity index (χ3n) is 12.6. The molecule has 2 aliphatic rings. The maximum Gasteiger partial charge on any atom is 0.0494 e. The normalized spacial score (nSPS) is 15.1. The SMILES string of the molecule is C=C(/C=C\C(=C/C)c1ccc2c(c1)C/C(=C\C=C/C/C=C\C)N2c1ccccc1)Cc1ccc2c(c1)C(c1ccccc1)(c1ccccc1)CCC/C=C\C2=C.C=C/C=C\CC.CC.Cc1ccccc1. The molecule has 0 amide bonds. The fourth-order valence-electron chi connectivity index (χ4n) is 9.18. The van der Waals surface area contributed by atoms with Crippen LogP contribution in [0.4, 0.5) is 11.4 Å². The lowest BCUT2D eigenvalue weighted by atomic mass is 9.64. The van der Waals surface area contributed by atoms with Gasteiger partial charge in [0.15, 0.2) is 0 Å². The van der Waals surface area contributed by atoms with E-state index < -0.39 is 0 Å². The minimum atomic E-state index is -0.306. The molecule has 0 radical (unpaired) electrons. The highest BCUT2D eigenvalue weighted by Crippen LogP contribution is 2.47.